The molecular formula is C6H13NO2. The third-order valence-electron chi connectivity index (χ3n) is 1.61. The summed E-state index contributed by atoms with van der Waals surface area (Å²) in [6, 6.07) is 0.188. The van der Waals surface area contributed by atoms with Crippen molar-refractivity contribution < 1.29 is 9.84 Å². The van der Waals surface area contributed by atoms with Crippen LogP contribution in [0.4, 0.5) is 0 Å². The highest BCUT2D eigenvalue weighted by atomic mass is 16.5. The molecule has 0 aliphatic carbocycles. The van der Waals surface area contributed by atoms with Gasteiger partial charge in [-0.15, -0.1) is 0 Å². The van der Waals surface area contributed by atoms with E-state index in [1.807, 2.05) is 0 Å². The lowest BCUT2D eigenvalue weighted by atomic mass is 10.1. The van der Waals surface area contributed by atoms with Crippen LogP contribution >= 0.6 is 0 Å². The van der Waals surface area contributed by atoms with Crippen molar-refractivity contribution in [1.82, 2.24) is 0 Å². The maximum absolute atomic E-state index is 8.61. The molecule has 1 fully saturated rings. The van der Waals surface area contributed by atoms with E-state index in [9.17, 15) is 0 Å². The standard InChI is InChI=1S/C6H13NO2/c7-5-1-2-6(3-8)9-4-5/h5-6,8H,1-4,7H2. The number of aliphatic hydroxyl groups is 1. The van der Waals surface area contributed by atoms with E-state index in [1.54, 1.807) is 0 Å². The summed E-state index contributed by atoms with van der Waals surface area (Å²) in [6.07, 6.45) is 1.92. The minimum absolute atomic E-state index is 0.0461. The molecule has 0 aromatic heterocycles. The summed E-state index contributed by atoms with van der Waals surface area (Å²) in [6.45, 7) is 0.734. The van der Waals surface area contributed by atoms with Gasteiger partial charge in [-0.25, -0.2) is 0 Å². The highest BCUT2D eigenvalue weighted by Gasteiger charge is 2.17. The fourth-order valence-electron chi connectivity index (χ4n) is 0.970. The Labute approximate surface area is 54.8 Å². The van der Waals surface area contributed by atoms with E-state index in [0.717, 1.165) is 12.8 Å². The normalized spacial score (nSPS) is 36.7. The van der Waals surface area contributed by atoms with Crippen LogP contribution in [0.25, 0.3) is 0 Å². The minimum atomic E-state index is 0.0461. The average molecular weight is 131 g/mol. The van der Waals surface area contributed by atoms with Crippen LogP contribution in [0, 0.1) is 0 Å². The van der Waals surface area contributed by atoms with Gasteiger partial charge in [0.1, 0.15) is 0 Å². The molecule has 1 aliphatic rings. The largest absolute Gasteiger partial charge is 0.394 e. The number of rotatable bonds is 1. The van der Waals surface area contributed by atoms with E-state index in [4.69, 9.17) is 15.6 Å². The number of hydrogen-bond donors (Lipinski definition) is 2. The van der Waals surface area contributed by atoms with Crippen LogP contribution in [0.2, 0.25) is 0 Å². The van der Waals surface area contributed by atoms with E-state index in [-0.39, 0.29) is 18.8 Å². The van der Waals surface area contributed by atoms with Gasteiger partial charge >= 0.3 is 0 Å². The first-order valence-electron chi connectivity index (χ1n) is 3.31. The van der Waals surface area contributed by atoms with Crippen LogP contribution in [0.5, 0.6) is 0 Å². The highest BCUT2D eigenvalue weighted by molar-refractivity contribution is 4.70. The van der Waals surface area contributed by atoms with Crippen LogP contribution in [0.3, 0.4) is 0 Å². The second-order valence-corrected chi connectivity index (χ2v) is 2.48. The first-order chi connectivity index (χ1) is 4.33. The van der Waals surface area contributed by atoms with E-state index >= 15 is 0 Å². The molecule has 9 heavy (non-hydrogen) atoms. The Hall–Kier alpha value is -0.120. The molecule has 3 N–H and O–H groups in total. The second-order valence-electron chi connectivity index (χ2n) is 2.48. The van der Waals surface area contributed by atoms with Gasteiger partial charge in [0.25, 0.3) is 0 Å². The Balaban J connectivity index is 2.18. The van der Waals surface area contributed by atoms with Crippen LogP contribution in [0.1, 0.15) is 12.8 Å². The predicted molar refractivity (Wildman–Crippen MR) is 34.0 cm³/mol. The van der Waals surface area contributed by atoms with E-state index in [0.29, 0.717) is 6.61 Å². The first kappa shape index (κ1) is 6.99. The maximum Gasteiger partial charge on any atom is 0.0807 e. The quantitative estimate of drug-likeness (QED) is 0.503. The molecule has 3 nitrogen and oxygen atoms in total. The minimum Gasteiger partial charge on any atom is -0.394 e. The summed E-state index contributed by atoms with van der Waals surface area (Å²) >= 11 is 0. The summed E-state index contributed by atoms with van der Waals surface area (Å²) in [5.41, 5.74) is 5.55. The smallest absolute Gasteiger partial charge is 0.0807 e. The zero-order valence-electron chi connectivity index (χ0n) is 5.42. The van der Waals surface area contributed by atoms with Crippen molar-refractivity contribution in [1.29, 1.82) is 0 Å². The Morgan fingerprint density at radius 3 is 2.78 bits per heavy atom. The van der Waals surface area contributed by atoms with Gasteiger partial charge in [-0.1, -0.05) is 0 Å². The third-order valence-corrected chi connectivity index (χ3v) is 1.61. The van der Waals surface area contributed by atoms with E-state index in [1.165, 1.54) is 0 Å². The second kappa shape index (κ2) is 3.15. The summed E-state index contributed by atoms with van der Waals surface area (Å²) in [5.74, 6) is 0. The molecule has 0 saturated carbocycles. The van der Waals surface area contributed by atoms with Gasteiger partial charge < -0.3 is 15.6 Å². The van der Waals surface area contributed by atoms with E-state index in [2.05, 4.69) is 0 Å². The van der Waals surface area contributed by atoms with Crippen molar-refractivity contribution in [3.05, 3.63) is 0 Å². The van der Waals surface area contributed by atoms with Crippen LogP contribution < -0.4 is 5.73 Å². The highest BCUT2D eigenvalue weighted by Crippen LogP contribution is 2.10. The molecule has 0 bridgehead atoms. The van der Waals surface area contributed by atoms with Crippen LogP contribution in [0.15, 0.2) is 0 Å². The molecule has 1 rings (SSSR count). The SMILES string of the molecule is NC1CCC(CO)OC1. The van der Waals surface area contributed by atoms with Crippen molar-refractivity contribution in [2.75, 3.05) is 13.2 Å². The summed E-state index contributed by atoms with van der Waals surface area (Å²) in [7, 11) is 0. The molecule has 3 heteroatoms. The average Bonchev–Trinajstić information content (AvgIpc) is 1.90. The van der Waals surface area contributed by atoms with Crippen molar-refractivity contribution in [3.8, 4) is 0 Å². The zero-order valence-corrected chi connectivity index (χ0v) is 5.42. The predicted octanol–water partition coefficient (Wildman–Crippen LogP) is -0.515. The number of nitrogens with two attached hydrogens (primary N) is 1. The fraction of sp³-hybridized carbons (Fsp3) is 1.00. The van der Waals surface area contributed by atoms with Gasteiger partial charge in [-0.2, -0.15) is 0 Å². The first-order valence-corrected chi connectivity index (χ1v) is 3.31. The molecule has 54 valence electrons. The van der Waals surface area contributed by atoms with Crippen molar-refractivity contribution >= 4 is 0 Å². The molecule has 0 amide bonds. The van der Waals surface area contributed by atoms with Crippen molar-refractivity contribution in [2.24, 2.45) is 5.73 Å². The monoisotopic (exact) mass is 131 g/mol. The number of ether oxygens (including phenoxy) is 1. The maximum atomic E-state index is 8.61. The van der Waals surface area contributed by atoms with Gasteiger partial charge in [0.2, 0.25) is 0 Å². The van der Waals surface area contributed by atoms with Crippen molar-refractivity contribution in [2.45, 2.75) is 25.0 Å². The molecule has 1 saturated heterocycles. The van der Waals surface area contributed by atoms with Crippen LogP contribution in [-0.2, 0) is 4.74 Å². The Morgan fingerprint density at radius 1 is 1.56 bits per heavy atom. The molecule has 2 atom stereocenters. The molecule has 1 heterocycles. The molecule has 0 radical (unpaired) electrons. The fourth-order valence-corrected chi connectivity index (χ4v) is 0.970. The van der Waals surface area contributed by atoms with Gasteiger partial charge in [0.05, 0.1) is 19.3 Å². The summed E-state index contributed by atoms with van der Waals surface area (Å²) in [4.78, 5) is 0. The molecule has 2 unspecified atom stereocenters. The lowest BCUT2D eigenvalue weighted by Crippen LogP contribution is -2.36. The summed E-state index contributed by atoms with van der Waals surface area (Å²) < 4.78 is 5.16. The molecule has 0 aromatic rings. The lowest BCUT2D eigenvalue weighted by Gasteiger charge is -2.24. The van der Waals surface area contributed by atoms with Crippen LogP contribution in [-0.4, -0.2) is 30.5 Å². The number of hydrogen-bond acceptors (Lipinski definition) is 3. The molecule has 0 aromatic carbocycles. The Morgan fingerprint density at radius 2 is 2.33 bits per heavy atom. The Kier molecular flexibility index (Phi) is 2.45. The lowest BCUT2D eigenvalue weighted by molar-refractivity contribution is -0.0254. The van der Waals surface area contributed by atoms with E-state index < -0.39 is 0 Å². The van der Waals surface area contributed by atoms with Crippen molar-refractivity contribution in [3.63, 3.8) is 0 Å². The van der Waals surface area contributed by atoms with Gasteiger partial charge in [-0.3, -0.25) is 0 Å². The van der Waals surface area contributed by atoms with Gasteiger partial charge in [-0.05, 0) is 12.8 Å². The molecular weight excluding hydrogens is 118 g/mol. The van der Waals surface area contributed by atoms with Gasteiger partial charge in [0, 0.05) is 6.04 Å². The van der Waals surface area contributed by atoms with Gasteiger partial charge in [0.15, 0.2) is 0 Å². The zero-order chi connectivity index (χ0) is 6.69. The number of aliphatic hydroxyl groups excluding tert-OH is 1. The third kappa shape index (κ3) is 1.93. The summed E-state index contributed by atoms with van der Waals surface area (Å²) in [5, 5.41) is 8.61. The molecule has 0 spiro atoms. The molecule has 1 aliphatic heterocycles. The topological polar surface area (TPSA) is 55.5 Å². The Bertz CT molecular complexity index is 79.1.